The number of benzene rings is 1. The molecule has 0 heterocycles. The highest BCUT2D eigenvalue weighted by Gasteiger charge is 2.14. The summed E-state index contributed by atoms with van der Waals surface area (Å²) in [5, 5.41) is 10.5. The Bertz CT molecular complexity index is 366. The molecule has 3 N–H and O–H groups in total. The van der Waals surface area contributed by atoms with E-state index in [-0.39, 0.29) is 11.3 Å². The molecule has 0 bridgehead atoms. The molecule has 0 radical (unpaired) electrons. The summed E-state index contributed by atoms with van der Waals surface area (Å²) in [6.07, 6.45) is 0. The van der Waals surface area contributed by atoms with Crippen molar-refractivity contribution in [3.8, 4) is 0 Å². The lowest BCUT2D eigenvalue weighted by Gasteiger charge is -2.15. The van der Waals surface area contributed by atoms with Crippen LogP contribution >= 0.6 is 0 Å². The highest BCUT2D eigenvalue weighted by molar-refractivity contribution is 5.95. The predicted molar refractivity (Wildman–Crippen MR) is 56.3 cm³/mol. The van der Waals surface area contributed by atoms with Gasteiger partial charge in [0.25, 0.3) is 0 Å². The summed E-state index contributed by atoms with van der Waals surface area (Å²) in [5.41, 5.74) is 6.64. The van der Waals surface area contributed by atoms with E-state index in [9.17, 15) is 4.79 Å². The maximum atomic E-state index is 11.0. The standard InChI is InChI=1S/C10H14N2O3/c1-12(15-2)6-7-4-3-5-8(11)9(7)10(13)14/h3-5H,6,11H2,1-2H3,(H,13,14). The third-order valence-electron chi connectivity index (χ3n) is 2.10. The van der Waals surface area contributed by atoms with E-state index in [2.05, 4.69) is 0 Å². The first-order chi connectivity index (χ1) is 7.06. The maximum Gasteiger partial charge on any atom is 0.338 e. The van der Waals surface area contributed by atoms with Crippen molar-refractivity contribution in [3.63, 3.8) is 0 Å². The number of hydrogen-bond acceptors (Lipinski definition) is 4. The summed E-state index contributed by atoms with van der Waals surface area (Å²) in [4.78, 5) is 15.9. The fourth-order valence-corrected chi connectivity index (χ4v) is 1.32. The molecule has 0 atom stereocenters. The second-order valence-electron chi connectivity index (χ2n) is 3.16. The van der Waals surface area contributed by atoms with Gasteiger partial charge in [0, 0.05) is 19.3 Å². The van der Waals surface area contributed by atoms with Gasteiger partial charge in [-0.3, -0.25) is 0 Å². The van der Waals surface area contributed by atoms with Crippen molar-refractivity contribution in [1.82, 2.24) is 5.06 Å². The van der Waals surface area contributed by atoms with Crippen molar-refractivity contribution in [3.05, 3.63) is 29.3 Å². The summed E-state index contributed by atoms with van der Waals surface area (Å²) >= 11 is 0. The Hall–Kier alpha value is -1.59. The Morgan fingerprint density at radius 3 is 2.80 bits per heavy atom. The van der Waals surface area contributed by atoms with Crippen LogP contribution in [0, 0.1) is 0 Å². The van der Waals surface area contributed by atoms with Crippen LogP contribution in [-0.2, 0) is 11.4 Å². The van der Waals surface area contributed by atoms with E-state index in [1.54, 1.807) is 25.2 Å². The van der Waals surface area contributed by atoms with Crippen LogP contribution in [0.4, 0.5) is 5.69 Å². The van der Waals surface area contributed by atoms with Crippen molar-refractivity contribution in [1.29, 1.82) is 0 Å². The molecule has 1 aromatic carbocycles. The molecular weight excluding hydrogens is 196 g/mol. The van der Waals surface area contributed by atoms with Gasteiger partial charge in [0.1, 0.15) is 0 Å². The normalized spacial score (nSPS) is 10.6. The molecule has 0 aromatic heterocycles. The lowest BCUT2D eigenvalue weighted by atomic mass is 10.1. The van der Waals surface area contributed by atoms with Gasteiger partial charge >= 0.3 is 5.97 Å². The van der Waals surface area contributed by atoms with Gasteiger partial charge in [-0.15, -0.1) is 0 Å². The number of nitrogens with zero attached hydrogens (tertiary/aromatic N) is 1. The summed E-state index contributed by atoms with van der Waals surface area (Å²) < 4.78 is 0. The molecule has 0 aliphatic carbocycles. The second-order valence-corrected chi connectivity index (χ2v) is 3.16. The summed E-state index contributed by atoms with van der Waals surface area (Å²) in [7, 11) is 3.24. The Morgan fingerprint density at radius 1 is 1.60 bits per heavy atom. The van der Waals surface area contributed by atoms with E-state index in [1.165, 1.54) is 12.2 Å². The third-order valence-corrected chi connectivity index (χ3v) is 2.10. The number of anilines is 1. The first kappa shape index (κ1) is 11.5. The Morgan fingerprint density at radius 2 is 2.27 bits per heavy atom. The molecule has 0 fully saturated rings. The lowest BCUT2D eigenvalue weighted by molar-refractivity contribution is -0.116. The van der Waals surface area contributed by atoms with Gasteiger partial charge in [-0.1, -0.05) is 12.1 Å². The van der Waals surface area contributed by atoms with Crippen LogP contribution < -0.4 is 5.73 Å². The second kappa shape index (κ2) is 4.77. The topological polar surface area (TPSA) is 75.8 Å². The number of hydrogen-bond donors (Lipinski definition) is 2. The van der Waals surface area contributed by atoms with E-state index >= 15 is 0 Å². The van der Waals surface area contributed by atoms with Crippen LogP contribution in [-0.4, -0.2) is 30.3 Å². The minimum Gasteiger partial charge on any atom is -0.478 e. The largest absolute Gasteiger partial charge is 0.478 e. The maximum absolute atomic E-state index is 11.0. The quantitative estimate of drug-likeness (QED) is 0.572. The van der Waals surface area contributed by atoms with Crippen LogP contribution in [0.5, 0.6) is 0 Å². The first-order valence-corrected chi connectivity index (χ1v) is 4.42. The molecule has 82 valence electrons. The minimum atomic E-state index is -1.02. The number of nitrogens with two attached hydrogens (primary N) is 1. The fourth-order valence-electron chi connectivity index (χ4n) is 1.32. The summed E-state index contributed by atoms with van der Waals surface area (Å²) in [6.45, 7) is 0.378. The van der Waals surface area contributed by atoms with E-state index in [4.69, 9.17) is 15.7 Å². The van der Waals surface area contributed by atoms with Gasteiger partial charge < -0.3 is 15.7 Å². The average molecular weight is 210 g/mol. The summed E-state index contributed by atoms with van der Waals surface area (Å²) in [6, 6.07) is 5.01. The molecule has 0 spiro atoms. The molecule has 0 saturated carbocycles. The summed E-state index contributed by atoms with van der Waals surface area (Å²) in [5.74, 6) is -1.02. The molecule has 5 nitrogen and oxygen atoms in total. The number of carbonyl (C=O) groups is 1. The Balaban J connectivity index is 3.06. The molecular formula is C10H14N2O3. The van der Waals surface area contributed by atoms with Crippen molar-refractivity contribution in [2.75, 3.05) is 19.9 Å². The van der Waals surface area contributed by atoms with Gasteiger partial charge in [0.15, 0.2) is 0 Å². The van der Waals surface area contributed by atoms with Crippen molar-refractivity contribution in [2.45, 2.75) is 6.54 Å². The number of aromatic carboxylic acids is 1. The minimum absolute atomic E-state index is 0.140. The van der Waals surface area contributed by atoms with Crippen LogP contribution in [0.3, 0.4) is 0 Å². The van der Waals surface area contributed by atoms with E-state index in [0.717, 1.165) is 0 Å². The fraction of sp³-hybridized carbons (Fsp3) is 0.300. The molecule has 1 aromatic rings. The molecule has 0 amide bonds. The molecule has 15 heavy (non-hydrogen) atoms. The lowest BCUT2D eigenvalue weighted by Crippen LogP contribution is -2.18. The predicted octanol–water partition coefficient (Wildman–Crippen LogP) is 0.960. The van der Waals surface area contributed by atoms with Gasteiger partial charge in [-0.2, -0.15) is 5.06 Å². The van der Waals surface area contributed by atoms with Crippen LogP contribution in [0.15, 0.2) is 18.2 Å². The SMILES string of the molecule is CON(C)Cc1cccc(N)c1C(=O)O. The zero-order valence-electron chi connectivity index (χ0n) is 8.73. The number of carboxylic acids is 1. The molecule has 0 saturated heterocycles. The van der Waals surface area contributed by atoms with E-state index in [0.29, 0.717) is 12.1 Å². The van der Waals surface area contributed by atoms with Crippen LogP contribution in [0.1, 0.15) is 15.9 Å². The third kappa shape index (κ3) is 2.68. The molecule has 1 rings (SSSR count). The smallest absolute Gasteiger partial charge is 0.338 e. The molecule has 5 heteroatoms. The highest BCUT2D eigenvalue weighted by Crippen LogP contribution is 2.18. The van der Waals surface area contributed by atoms with Crippen LogP contribution in [0.25, 0.3) is 0 Å². The zero-order chi connectivity index (χ0) is 11.4. The highest BCUT2D eigenvalue weighted by atomic mass is 16.7. The zero-order valence-corrected chi connectivity index (χ0v) is 8.73. The van der Waals surface area contributed by atoms with Gasteiger partial charge in [-0.05, 0) is 11.6 Å². The number of carboxylic acid groups (broad SMARTS) is 1. The molecule has 0 aliphatic rings. The van der Waals surface area contributed by atoms with Gasteiger partial charge in [0.2, 0.25) is 0 Å². The van der Waals surface area contributed by atoms with Crippen LogP contribution in [0.2, 0.25) is 0 Å². The Labute approximate surface area is 88.0 Å². The number of rotatable bonds is 4. The Kier molecular flexibility index (Phi) is 3.65. The van der Waals surface area contributed by atoms with E-state index < -0.39 is 5.97 Å². The average Bonchev–Trinajstić information content (AvgIpc) is 2.17. The van der Waals surface area contributed by atoms with Gasteiger partial charge in [-0.25, -0.2) is 4.79 Å². The molecule has 0 aliphatic heterocycles. The van der Waals surface area contributed by atoms with Crippen molar-refractivity contribution in [2.24, 2.45) is 0 Å². The van der Waals surface area contributed by atoms with Gasteiger partial charge in [0.05, 0.1) is 12.7 Å². The molecule has 0 unspecified atom stereocenters. The van der Waals surface area contributed by atoms with Crippen molar-refractivity contribution >= 4 is 11.7 Å². The monoisotopic (exact) mass is 210 g/mol. The van der Waals surface area contributed by atoms with E-state index in [1.807, 2.05) is 0 Å². The van der Waals surface area contributed by atoms with Crippen molar-refractivity contribution < 1.29 is 14.7 Å². The number of nitrogen functional groups attached to an aromatic ring is 1. The number of hydroxylamine groups is 2. The first-order valence-electron chi connectivity index (χ1n) is 4.42.